The molecule has 4 nitrogen and oxygen atoms in total. The first-order valence-electron chi connectivity index (χ1n) is 6.05. The second kappa shape index (κ2) is 5.80. The summed E-state index contributed by atoms with van der Waals surface area (Å²) < 4.78 is 5.67. The molecule has 1 aromatic heterocycles. The number of hydrogen-bond donors (Lipinski definition) is 1. The second-order valence-corrected chi connectivity index (χ2v) is 4.16. The summed E-state index contributed by atoms with van der Waals surface area (Å²) in [6.07, 6.45) is 6.27. The molecule has 1 aromatic rings. The Hall–Kier alpha value is -1.16. The molecule has 0 amide bonds. The lowest BCUT2D eigenvalue weighted by Gasteiger charge is -2.23. The number of aryl methyl sites for hydroxylation is 1. The SMILES string of the molecule is CCc1cc(OCC2CCCCN2)ncn1. The standard InChI is InChI=1S/C12H19N3O/c1-2-10-7-12(15-9-14-10)16-8-11-5-3-4-6-13-11/h7,9,11,13H,2-6,8H2,1H3. The van der Waals surface area contributed by atoms with Crippen molar-refractivity contribution in [2.45, 2.75) is 38.6 Å². The van der Waals surface area contributed by atoms with Gasteiger partial charge in [-0.25, -0.2) is 9.97 Å². The van der Waals surface area contributed by atoms with Gasteiger partial charge >= 0.3 is 0 Å². The van der Waals surface area contributed by atoms with E-state index in [0.29, 0.717) is 18.5 Å². The Morgan fingerprint density at radius 1 is 1.44 bits per heavy atom. The van der Waals surface area contributed by atoms with Crippen molar-refractivity contribution in [2.75, 3.05) is 13.2 Å². The average Bonchev–Trinajstić information content (AvgIpc) is 2.38. The molecule has 1 N–H and O–H groups in total. The molecule has 1 unspecified atom stereocenters. The number of aromatic nitrogens is 2. The maximum atomic E-state index is 5.67. The molecule has 0 aromatic carbocycles. The molecular formula is C12H19N3O. The molecule has 0 bridgehead atoms. The van der Waals surface area contributed by atoms with Crippen molar-refractivity contribution in [3.8, 4) is 5.88 Å². The number of rotatable bonds is 4. The third-order valence-corrected chi connectivity index (χ3v) is 2.91. The van der Waals surface area contributed by atoms with E-state index in [1.165, 1.54) is 19.3 Å². The van der Waals surface area contributed by atoms with Crippen LogP contribution in [0.3, 0.4) is 0 Å². The minimum atomic E-state index is 0.480. The van der Waals surface area contributed by atoms with Crippen LogP contribution in [0.2, 0.25) is 0 Å². The van der Waals surface area contributed by atoms with Crippen LogP contribution >= 0.6 is 0 Å². The van der Waals surface area contributed by atoms with Crippen molar-refractivity contribution in [3.63, 3.8) is 0 Å². The second-order valence-electron chi connectivity index (χ2n) is 4.16. The smallest absolute Gasteiger partial charge is 0.216 e. The van der Waals surface area contributed by atoms with Crippen molar-refractivity contribution < 1.29 is 4.74 Å². The molecule has 0 aliphatic carbocycles. The first-order valence-corrected chi connectivity index (χ1v) is 6.05. The number of nitrogens with one attached hydrogen (secondary N) is 1. The van der Waals surface area contributed by atoms with Gasteiger partial charge in [-0.1, -0.05) is 13.3 Å². The van der Waals surface area contributed by atoms with Crippen molar-refractivity contribution in [3.05, 3.63) is 18.1 Å². The fourth-order valence-electron chi connectivity index (χ4n) is 1.90. The maximum absolute atomic E-state index is 5.67. The highest BCUT2D eigenvalue weighted by molar-refractivity contribution is 5.13. The van der Waals surface area contributed by atoms with E-state index >= 15 is 0 Å². The van der Waals surface area contributed by atoms with Gasteiger partial charge in [0.2, 0.25) is 5.88 Å². The fourth-order valence-corrected chi connectivity index (χ4v) is 1.90. The summed E-state index contributed by atoms with van der Waals surface area (Å²) in [7, 11) is 0. The van der Waals surface area contributed by atoms with Gasteiger partial charge in [0.15, 0.2) is 0 Å². The largest absolute Gasteiger partial charge is 0.476 e. The van der Waals surface area contributed by atoms with Crippen LogP contribution in [-0.2, 0) is 6.42 Å². The number of nitrogens with zero attached hydrogens (tertiary/aromatic N) is 2. The van der Waals surface area contributed by atoms with Gasteiger partial charge in [-0.2, -0.15) is 0 Å². The molecule has 1 fully saturated rings. The monoisotopic (exact) mass is 221 g/mol. The number of hydrogen-bond acceptors (Lipinski definition) is 4. The highest BCUT2D eigenvalue weighted by Gasteiger charge is 2.13. The van der Waals surface area contributed by atoms with Gasteiger partial charge in [-0.05, 0) is 25.8 Å². The molecular weight excluding hydrogens is 202 g/mol. The minimum absolute atomic E-state index is 0.480. The molecule has 0 radical (unpaired) electrons. The Labute approximate surface area is 96.4 Å². The third kappa shape index (κ3) is 3.17. The zero-order valence-corrected chi connectivity index (χ0v) is 9.78. The first kappa shape index (κ1) is 11.3. The molecule has 1 aliphatic rings. The Morgan fingerprint density at radius 3 is 3.12 bits per heavy atom. The molecule has 1 atom stereocenters. The number of ether oxygens (including phenoxy) is 1. The quantitative estimate of drug-likeness (QED) is 0.838. The summed E-state index contributed by atoms with van der Waals surface area (Å²) in [5, 5.41) is 3.45. The Bertz CT molecular complexity index is 324. The molecule has 88 valence electrons. The maximum Gasteiger partial charge on any atom is 0.216 e. The number of piperidine rings is 1. The molecule has 2 rings (SSSR count). The summed E-state index contributed by atoms with van der Waals surface area (Å²) in [4.78, 5) is 8.26. The molecule has 4 heteroatoms. The van der Waals surface area contributed by atoms with Crippen molar-refractivity contribution >= 4 is 0 Å². The Kier molecular flexibility index (Phi) is 4.10. The van der Waals surface area contributed by atoms with Crippen molar-refractivity contribution in [2.24, 2.45) is 0 Å². The molecule has 0 spiro atoms. The summed E-state index contributed by atoms with van der Waals surface area (Å²) >= 11 is 0. The highest BCUT2D eigenvalue weighted by atomic mass is 16.5. The van der Waals surface area contributed by atoms with Gasteiger partial charge in [0.05, 0.1) is 0 Å². The van der Waals surface area contributed by atoms with E-state index in [-0.39, 0.29) is 0 Å². The van der Waals surface area contributed by atoms with Crippen LogP contribution in [0.25, 0.3) is 0 Å². The van der Waals surface area contributed by atoms with Gasteiger partial charge in [-0.3, -0.25) is 0 Å². The predicted octanol–water partition coefficient (Wildman–Crippen LogP) is 1.56. The lowest BCUT2D eigenvalue weighted by atomic mass is 10.1. The van der Waals surface area contributed by atoms with Crippen LogP contribution in [0.15, 0.2) is 12.4 Å². The van der Waals surface area contributed by atoms with Crippen LogP contribution in [0, 0.1) is 0 Å². The predicted molar refractivity (Wildman–Crippen MR) is 62.5 cm³/mol. The van der Waals surface area contributed by atoms with Crippen LogP contribution in [0.1, 0.15) is 31.9 Å². The summed E-state index contributed by atoms with van der Waals surface area (Å²) in [6.45, 7) is 3.90. The topological polar surface area (TPSA) is 47.0 Å². The summed E-state index contributed by atoms with van der Waals surface area (Å²) in [6, 6.07) is 2.40. The van der Waals surface area contributed by atoms with Crippen LogP contribution in [0.4, 0.5) is 0 Å². The summed E-state index contributed by atoms with van der Waals surface area (Å²) in [5.41, 5.74) is 1.03. The third-order valence-electron chi connectivity index (χ3n) is 2.91. The zero-order chi connectivity index (χ0) is 11.2. The van der Waals surface area contributed by atoms with Crippen molar-refractivity contribution in [1.82, 2.24) is 15.3 Å². The molecule has 1 aliphatic heterocycles. The van der Waals surface area contributed by atoms with Gasteiger partial charge in [0.1, 0.15) is 12.9 Å². The molecule has 1 saturated heterocycles. The lowest BCUT2D eigenvalue weighted by molar-refractivity contribution is 0.231. The first-order chi connectivity index (χ1) is 7.88. The van der Waals surface area contributed by atoms with Gasteiger partial charge in [0, 0.05) is 17.8 Å². The highest BCUT2D eigenvalue weighted by Crippen LogP contribution is 2.11. The van der Waals surface area contributed by atoms with E-state index in [1.807, 2.05) is 6.07 Å². The van der Waals surface area contributed by atoms with Crippen LogP contribution in [-0.4, -0.2) is 29.2 Å². The van der Waals surface area contributed by atoms with Gasteiger partial charge < -0.3 is 10.1 Å². The zero-order valence-electron chi connectivity index (χ0n) is 9.78. The van der Waals surface area contributed by atoms with Gasteiger partial charge in [0.25, 0.3) is 0 Å². The lowest BCUT2D eigenvalue weighted by Crippen LogP contribution is -2.38. The van der Waals surface area contributed by atoms with Crippen LogP contribution in [0.5, 0.6) is 5.88 Å². The van der Waals surface area contributed by atoms with Gasteiger partial charge in [-0.15, -0.1) is 0 Å². The van der Waals surface area contributed by atoms with E-state index in [2.05, 4.69) is 22.2 Å². The van der Waals surface area contributed by atoms with Crippen LogP contribution < -0.4 is 10.1 Å². The Balaban J connectivity index is 1.83. The molecule has 2 heterocycles. The fraction of sp³-hybridized carbons (Fsp3) is 0.667. The summed E-state index contributed by atoms with van der Waals surface area (Å²) in [5.74, 6) is 0.694. The Morgan fingerprint density at radius 2 is 2.38 bits per heavy atom. The minimum Gasteiger partial charge on any atom is -0.476 e. The van der Waals surface area contributed by atoms with E-state index in [4.69, 9.17) is 4.74 Å². The van der Waals surface area contributed by atoms with Crippen molar-refractivity contribution in [1.29, 1.82) is 0 Å². The van der Waals surface area contributed by atoms with E-state index < -0.39 is 0 Å². The van der Waals surface area contributed by atoms with E-state index in [1.54, 1.807) is 6.33 Å². The average molecular weight is 221 g/mol. The molecule has 16 heavy (non-hydrogen) atoms. The van der Waals surface area contributed by atoms with E-state index in [0.717, 1.165) is 18.7 Å². The normalized spacial score (nSPS) is 20.7. The molecule has 0 saturated carbocycles. The van der Waals surface area contributed by atoms with E-state index in [9.17, 15) is 0 Å².